The Bertz CT molecular complexity index is 622. The van der Waals surface area contributed by atoms with Gasteiger partial charge in [0.05, 0.1) is 4.88 Å². The average molecular weight is 277 g/mol. The lowest BCUT2D eigenvalue weighted by Crippen LogP contribution is -2.41. The number of hydrogen-bond acceptors (Lipinski definition) is 2. The molecule has 2 aromatic rings. The predicted molar refractivity (Wildman–Crippen MR) is 76.1 cm³/mol. The molecule has 4 heteroatoms. The Morgan fingerprint density at radius 3 is 3.00 bits per heavy atom. The van der Waals surface area contributed by atoms with Crippen molar-refractivity contribution in [1.82, 2.24) is 4.90 Å². The Labute approximate surface area is 115 Å². The lowest BCUT2D eigenvalue weighted by atomic mass is 10.0. The van der Waals surface area contributed by atoms with Crippen molar-refractivity contribution < 1.29 is 9.18 Å². The van der Waals surface area contributed by atoms with Gasteiger partial charge in [0, 0.05) is 22.7 Å². The Morgan fingerprint density at radius 1 is 1.42 bits per heavy atom. The van der Waals surface area contributed by atoms with Crippen LogP contribution < -0.4 is 0 Å². The molecule has 19 heavy (non-hydrogen) atoms. The molecule has 1 aliphatic heterocycles. The van der Waals surface area contributed by atoms with E-state index in [-0.39, 0.29) is 17.8 Å². The van der Waals surface area contributed by atoms with E-state index in [4.69, 9.17) is 0 Å². The summed E-state index contributed by atoms with van der Waals surface area (Å²) in [4.78, 5) is 15.1. The summed E-state index contributed by atoms with van der Waals surface area (Å²) in [6, 6.07) is 6.97. The fraction of sp³-hybridized carbons (Fsp3) is 0.400. The number of rotatable bonds is 1. The monoisotopic (exact) mass is 277 g/mol. The number of benzene rings is 1. The number of thiophene rings is 1. The van der Waals surface area contributed by atoms with Crippen LogP contribution in [0.2, 0.25) is 0 Å². The van der Waals surface area contributed by atoms with E-state index in [1.807, 2.05) is 11.0 Å². The zero-order valence-electron chi connectivity index (χ0n) is 10.9. The number of halogens is 1. The van der Waals surface area contributed by atoms with Crippen LogP contribution in [0.4, 0.5) is 4.39 Å². The fourth-order valence-corrected chi connectivity index (χ4v) is 3.70. The molecule has 100 valence electrons. The molecule has 1 atom stereocenters. The van der Waals surface area contributed by atoms with Crippen LogP contribution >= 0.6 is 11.3 Å². The summed E-state index contributed by atoms with van der Waals surface area (Å²) in [5, 5.41) is 0.556. The molecule has 0 radical (unpaired) electrons. The minimum absolute atomic E-state index is 0.0489. The van der Waals surface area contributed by atoms with Gasteiger partial charge in [-0.2, -0.15) is 0 Å². The van der Waals surface area contributed by atoms with Gasteiger partial charge in [-0.25, -0.2) is 4.39 Å². The van der Waals surface area contributed by atoms with Crippen molar-refractivity contribution in [3.63, 3.8) is 0 Å². The zero-order chi connectivity index (χ0) is 13.4. The van der Waals surface area contributed by atoms with Gasteiger partial charge in [0.15, 0.2) is 0 Å². The molecule has 1 fully saturated rings. The van der Waals surface area contributed by atoms with Gasteiger partial charge in [0.1, 0.15) is 5.82 Å². The summed E-state index contributed by atoms with van der Waals surface area (Å²) in [7, 11) is 0. The van der Waals surface area contributed by atoms with Gasteiger partial charge >= 0.3 is 0 Å². The number of amides is 1. The molecule has 0 N–H and O–H groups in total. The molecule has 1 aliphatic rings. The summed E-state index contributed by atoms with van der Waals surface area (Å²) >= 11 is 1.38. The van der Waals surface area contributed by atoms with Gasteiger partial charge in [-0.3, -0.25) is 4.79 Å². The molecule has 1 aromatic heterocycles. The highest BCUT2D eigenvalue weighted by Gasteiger charge is 2.25. The van der Waals surface area contributed by atoms with Gasteiger partial charge < -0.3 is 4.90 Å². The molecular weight excluding hydrogens is 261 g/mol. The number of fused-ring (bicyclic) bond motifs is 1. The minimum Gasteiger partial charge on any atom is -0.335 e. The molecule has 0 bridgehead atoms. The third-order valence-corrected chi connectivity index (χ3v) is 4.87. The Kier molecular flexibility index (Phi) is 3.27. The average Bonchev–Trinajstić information content (AvgIpc) is 2.84. The number of nitrogens with zero attached hydrogens (tertiary/aromatic N) is 1. The third-order valence-electron chi connectivity index (χ3n) is 3.78. The molecule has 0 spiro atoms. The van der Waals surface area contributed by atoms with Crippen molar-refractivity contribution in [2.75, 3.05) is 6.54 Å². The van der Waals surface area contributed by atoms with Gasteiger partial charge in [-0.1, -0.05) is 6.07 Å². The molecule has 1 aromatic carbocycles. The van der Waals surface area contributed by atoms with E-state index >= 15 is 0 Å². The summed E-state index contributed by atoms with van der Waals surface area (Å²) in [6.07, 6.45) is 3.31. The van der Waals surface area contributed by atoms with Crippen LogP contribution in [-0.2, 0) is 0 Å². The summed E-state index contributed by atoms with van der Waals surface area (Å²) in [5.74, 6) is -0.202. The van der Waals surface area contributed by atoms with Crippen LogP contribution in [0.5, 0.6) is 0 Å². The molecule has 0 unspecified atom stereocenters. The van der Waals surface area contributed by atoms with Crippen molar-refractivity contribution in [2.45, 2.75) is 32.2 Å². The van der Waals surface area contributed by atoms with Crippen LogP contribution in [-0.4, -0.2) is 23.4 Å². The Balaban J connectivity index is 1.95. The van der Waals surface area contributed by atoms with Crippen LogP contribution in [0.25, 0.3) is 10.1 Å². The second-order valence-electron chi connectivity index (χ2n) is 5.11. The van der Waals surface area contributed by atoms with E-state index in [1.54, 1.807) is 12.1 Å². The smallest absolute Gasteiger partial charge is 0.264 e. The summed E-state index contributed by atoms with van der Waals surface area (Å²) in [6.45, 7) is 2.90. The van der Waals surface area contributed by atoms with E-state index in [2.05, 4.69) is 6.92 Å². The van der Waals surface area contributed by atoms with Crippen LogP contribution in [0, 0.1) is 5.82 Å². The lowest BCUT2D eigenvalue weighted by Gasteiger charge is -2.33. The predicted octanol–water partition coefficient (Wildman–Crippen LogP) is 4.06. The number of hydrogen-bond donors (Lipinski definition) is 0. The first kappa shape index (κ1) is 12.6. The molecular formula is C15H16FNOS. The maximum atomic E-state index is 13.7. The normalized spacial score (nSPS) is 19.9. The zero-order valence-corrected chi connectivity index (χ0v) is 11.7. The molecule has 1 amide bonds. The van der Waals surface area contributed by atoms with Crippen LogP contribution in [0.1, 0.15) is 35.9 Å². The van der Waals surface area contributed by atoms with E-state index in [1.165, 1.54) is 23.8 Å². The van der Waals surface area contributed by atoms with Gasteiger partial charge in [0.25, 0.3) is 5.91 Å². The fourth-order valence-electron chi connectivity index (χ4n) is 2.67. The molecule has 1 saturated heterocycles. The first-order chi connectivity index (χ1) is 9.16. The first-order valence-corrected chi connectivity index (χ1v) is 7.47. The van der Waals surface area contributed by atoms with Crippen molar-refractivity contribution in [3.8, 4) is 0 Å². The minimum atomic E-state index is -0.250. The lowest BCUT2D eigenvalue weighted by molar-refractivity contribution is 0.0641. The molecule has 2 heterocycles. The quantitative estimate of drug-likeness (QED) is 0.770. The number of piperidine rings is 1. The van der Waals surface area contributed by atoms with Gasteiger partial charge in [-0.15, -0.1) is 11.3 Å². The van der Waals surface area contributed by atoms with Crippen molar-refractivity contribution in [2.24, 2.45) is 0 Å². The second-order valence-corrected chi connectivity index (χ2v) is 6.19. The van der Waals surface area contributed by atoms with Crippen molar-refractivity contribution >= 4 is 27.3 Å². The van der Waals surface area contributed by atoms with Crippen LogP contribution in [0.15, 0.2) is 24.3 Å². The third kappa shape index (κ3) is 2.25. The first-order valence-electron chi connectivity index (χ1n) is 6.66. The maximum Gasteiger partial charge on any atom is 0.264 e. The summed E-state index contributed by atoms with van der Waals surface area (Å²) < 4.78 is 14.5. The second kappa shape index (κ2) is 4.93. The SMILES string of the molecule is C[C@@H]1CCCCN1C(=O)c1cc2c(F)cccc2s1. The molecule has 2 nitrogen and oxygen atoms in total. The highest BCUT2D eigenvalue weighted by molar-refractivity contribution is 7.20. The van der Waals surface area contributed by atoms with E-state index in [0.717, 1.165) is 24.1 Å². The number of likely N-dealkylation sites (tertiary alicyclic amines) is 1. The van der Waals surface area contributed by atoms with Crippen molar-refractivity contribution in [3.05, 3.63) is 35.0 Å². The largest absolute Gasteiger partial charge is 0.335 e. The summed E-state index contributed by atoms with van der Waals surface area (Å²) in [5.41, 5.74) is 0. The number of carbonyl (C=O) groups is 1. The molecule has 0 aliphatic carbocycles. The Morgan fingerprint density at radius 2 is 2.26 bits per heavy atom. The highest BCUT2D eigenvalue weighted by atomic mass is 32.1. The van der Waals surface area contributed by atoms with Gasteiger partial charge in [-0.05, 0) is 44.4 Å². The molecule has 0 saturated carbocycles. The highest BCUT2D eigenvalue weighted by Crippen LogP contribution is 2.30. The van der Waals surface area contributed by atoms with Gasteiger partial charge in [0.2, 0.25) is 0 Å². The van der Waals surface area contributed by atoms with Crippen LogP contribution in [0.3, 0.4) is 0 Å². The van der Waals surface area contributed by atoms with E-state index in [0.29, 0.717) is 10.3 Å². The molecule has 3 rings (SSSR count). The maximum absolute atomic E-state index is 13.7. The Hall–Kier alpha value is -1.42. The number of carbonyl (C=O) groups excluding carboxylic acids is 1. The standard InChI is InChI=1S/C15H16FNOS/c1-10-5-2-3-8-17(10)15(18)14-9-11-12(16)6-4-7-13(11)19-14/h4,6-7,9-10H,2-3,5,8H2,1H3/t10-/m1/s1. The van der Waals surface area contributed by atoms with Crippen molar-refractivity contribution in [1.29, 1.82) is 0 Å². The topological polar surface area (TPSA) is 20.3 Å². The van der Waals surface area contributed by atoms with E-state index in [9.17, 15) is 9.18 Å². The van der Waals surface area contributed by atoms with E-state index < -0.39 is 0 Å².